The van der Waals surface area contributed by atoms with Crippen molar-refractivity contribution < 1.29 is 9.47 Å². The van der Waals surface area contributed by atoms with E-state index in [1.807, 2.05) is 48.8 Å². The fourth-order valence-electron chi connectivity index (χ4n) is 2.71. The topological polar surface area (TPSA) is 75.8 Å². The van der Waals surface area contributed by atoms with Crippen molar-refractivity contribution in [3.63, 3.8) is 0 Å². The molecule has 0 spiro atoms. The second kappa shape index (κ2) is 5.73. The summed E-state index contributed by atoms with van der Waals surface area (Å²) in [6, 6.07) is 11.5. The van der Waals surface area contributed by atoms with E-state index in [1.54, 1.807) is 14.2 Å². The number of aromatic amines is 2. The maximum atomic E-state index is 5.37. The predicted octanol–water partition coefficient (Wildman–Crippen LogP) is 3.64. The number of hydrogen-bond donors (Lipinski definition) is 2. The molecule has 0 bridgehead atoms. The third kappa shape index (κ3) is 2.28. The van der Waals surface area contributed by atoms with Crippen LogP contribution in [0.1, 0.15) is 0 Å². The van der Waals surface area contributed by atoms with E-state index in [2.05, 4.69) is 9.97 Å². The number of nitrogens with zero attached hydrogens (tertiary/aromatic N) is 2. The minimum atomic E-state index is 0.629. The Morgan fingerprint density at radius 3 is 1.54 bits per heavy atom. The van der Waals surface area contributed by atoms with Crippen molar-refractivity contribution in [3.05, 3.63) is 48.8 Å². The van der Waals surface area contributed by atoms with Gasteiger partial charge in [0, 0.05) is 24.5 Å². The summed E-state index contributed by atoms with van der Waals surface area (Å²) < 4.78 is 10.7. The van der Waals surface area contributed by atoms with Crippen LogP contribution in [0.3, 0.4) is 0 Å². The monoisotopic (exact) mass is 320 g/mol. The molecule has 0 saturated heterocycles. The number of fused-ring (bicyclic) bond motifs is 1. The summed E-state index contributed by atoms with van der Waals surface area (Å²) >= 11 is 0. The smallest absolute Gasteiger partial charge is 0.163 e. The summed E-state index contributed by atoms with van der Waals surface area (Å²) in [6.07, 6.45) is 3.74. The Kier molecular flexibility index (Phi) is 3.42. The molecule has 24 heavy (non-hydrogen) atoms. The number of ether oxygens (including phenoxy) is 2. The number of hydrogen-bond acceptors (Lipinski definition) is 4. The average molecular weight is 320 g/mol. The molecule has 4 rings (SSSR count). The Bertz CT molecular complexity index is 895. The molecular weight excluding hydrogens is 304 g/mol. The molecule has 0 aliphatic rings. The van der Waals surface area contributed by atoms with Crippen LogP contribution in [0.2, 0.25) is 0 Å². The van der Waals surface area contributed by atoms with E-state index in [1.165, 1.54) is 0 Å². The van der Waals surface area contributed by atoms with Gasteiger partial charge in [-0.2, -0.15) is 0 Å². The van der Waals surface area contributed by atoms with Crippen molar-refractivity contribution in [1.82, 2.24) is 19.9 Å². The van der Waals surface area contributed by atoms with E-state index in [0.717, 1.165) is 33.8 Å². The van der Waals surface area contributed by atoms with Crippen LogP contribution in [0.5, 0.6) is 11.5 Å². The van der Waals surface area contributed by atoms with Crippen LogP contribution in [0, 0.1) is 0 Å². The fourth-order valence-corrected chi connectivity index (χ4v) is 2.71. The molecule has 0 unspecified atom stereocenters. The van der Waals surface area contributed by atoms with Gasteiger partial charge < -0.3 is 19.4 Å². The van der Waals surface area contributed by atoms with E-state index in [-0.39, 0.29) is 0 Å². The summed E-state index contributed by atoms with van der Waals surface area (Å²) in [5.41, 5.74) is 4.86. The molecule has 6 nitrogen and oxygen atoms in total. The second-order valence-corrected chi connectivity index (χ2v) is 5.28. The molecule has 0 fully saturated rings. The first kappa shape index (κ1) is 14.3. The van der Waals surface area contributed by atoms with Crippen molar-refractivity contribution >= 4 is 11.0 Å². The third-order valence-electron chi connectivity index (χ3n) is 3.88. The summed E-state index contributed by atoms with van der Waals surface area (Å²) in [6.45, 7) is 0. The molecule has 0 atom stereocenters. The highest BCUT2D eigenvalue weighted by Gasteiger charge is 2.16. The number of aromatic nitrogens is 4. The predicted molar refractivity (Wildman–Crippen MR) is 92.2 cm³/mol. The van der Waals surface area contributed by atoms with Crippen molar-refractivity contribution in [2.45, 2.75) is 0 Å². The van der Waals surface area contributed by atoms with E-state index in [4.69, 9.17) is 19.4 Å². The van der Waals surface area contributed by atoms with Gasteiger partial charge in [0.1, 0.15) is 11.4 Å². The van der Waals surface area contributed by atoms with Gasteiger partial charge in [-0.3, -0.25) is 0 Å². The highest BCUT2D eigenvalue weighted by molar-refractivity contribution is 5.86. The summed E-state index contributed by atoms with van der Waals surface area (Å²) in [4.78, 5) is 16.0. The Morgan fingerprint density at radius 2 is 1.21 bits per heavy atom. The lowest BCUT2D eigenvalue weighted by molar-refractivity contribution is 0.355. The zero-order chi connectivity index (χ0) is 16.5. The Hall–Kier alpha value is -3.28. The van der Waals surface area contributed by atoms with Crippen LogP contribution >= 0.6 is 0 Å². The van der Waals surface area contributed by atoms with Gasteiger partial charge in [0.05, 0.1) is 36.6 Å². The van der Waals surface area contributed by atoms with Crippen LogP contribution in [0.25, 0.3) is 33.8 Å². The molecule has 0 aliphatic heterocycles. The Labute approximate surface area is 138 Å². The lowest BCUT2D eigenvalue weighted by Crippen LogP contribution is -1.98. The molecule has 3 heterocycles. The van der Waals surface area contributed by atoms with Crippen LogP contribution in [0.15, 0.2) is 48.8 Å². The minimum Gasteiger partial charge on any atom is -0.493 e. The second-order valence-electron chi connectivity index (χ2n) is 5.28. The van der Waals surface area contributed by atoms with Gasteiger partial charge in [-0.1, -0.05) is 0 Å². The zero-order valence-corrected chi connectivity index (χ0v) is 13.3. The molecule has 3 aromatic heterocycles. The molecule has 1 aromatic carbocycles. The first-order valence-corrected chi connectivity index (χ1v) is 7.51. The third-order valence-corrected chi connectivity index (χ3v) is 3.88. The normalized spacial score (nSPS) is 10.9. The lowest BCUT2D eigenvalue weighted by atomic mass is 10.1. The van der Waals surface area contributed by atoms with Crippen LogP contribution in [-0.4, -0.2) is 34.2 Å². The Balaban J connectivity index is 2.02. The van der Waals surface area contributed by atoms with Crippen LogP contribution < -0.4 is 9.47 Å². The highest BCUT2D eigenvalue weighted by Crippen LogP contribution is 2.34. The highest BCUT2D eigenvalue weighted by atomic mass is 16.5. The molecule has 0 saturated carbocycles. The van der Waals surface area contributed by atoms with Gasteiger partial charge in [-0.05, 0) is 24.3 Å². The molecule has 0 aliphatic carbocycles. The number of H-pyrrole nitrogens is 2. The molecule has 120 valence electrons. The van der Waals surface area contributed by atoms with Gasteiger partial charge in [0.25, 0.3) is 0 Å². The maximum Gasteiger partial charge on any atom is 0.163 e. The zero-order valence-electron chi connectivity index (χ0n) is 13.3. The van der Waals surface area contributed by atoms with Crippen LogP contribution in [0.4, 0.5) is 0 Å². The first-order chi connectivity index (χ1) is 11.8. The van der Waals surface area contributed by atoms with E-state index in [9.17, 15) is 0 Å². The number of nitrogens with one attached hydrogen (secondary N) is 2. The summed E-state index contributed by atoms with van der Waals surface area (Å²) in [5.74, 6) is 1.26. The van der Waals surface area contributed by atoms with E-state index >= 15 is 0 Å². The van der Waals surface area contributed by atoms with Gasteiger partial charge in [0.15, 0.2) is 11.5 Å². The average Bonchev–Trinajstić information content (AvgIpc) is 3.32. The van der Waals surface area contributed by atoms with Gasteiger partial charge in [-0.25, -0.2) is 9.97 Å². The molecule has 4 aromatic rings. The van der Waals surface area contributed by atoms with E-state index < -0.39 is 0 Å². The van der Waals surface area contributed by atoms with Gasteiger partial charge in [0.2, 0.25) is 0 Å². The number of benzene rings is 1. The Morgan fingerprint density at radius 1 is 0.750 bits per heavy atom. The molecule has 2 N–H and O–H groups in total. The van der Waals surface area contributed by atoms with Gasteiger partial charge in [-0.15, -0.1) is 0 Å². The fraction of sp³-hybridized carbons (Fsp3) is 0.111. The largest absolute Gasteiger partial charge is 0.493 e. The van der Waals surface area contributed by atoms with Crippen molar-refractivity contribution in [2.75, 3.05) is 14.2 Å². The van der Waals surface area contributed by atoms with Crippen LogP contribution in [-0.2, 0) is 0 Å². The maximum absolute atomic E-state index is 5.37. The van der Waals surface area contributed by atoms with E-state index in [0.29, 0.717) is 11.5 Å². The lowest BCUT2D eigenvalue weighted by Gasteiger charge is -2.11. The first-order valence-electron chi connectivity index (χ1n) is 7.51. The van der Waals surface area contributed by atoms with Crippen molar-refractivity contribution in [1.29, 1.82) is 0 Å². The quantitative estimate of drug-likeness (QED) is 0.602. The number of methoxy groups -OCH3 is 2. The number of rotatable bonds is 4. The van der Waals surface area contributed by atoms with Crippen molar-refractivity contribution in [3.8, 4) is 34.3 Å². The SMILES string of the molecule is COc1cc2nc(-c3ccc[nH]3)c(-c3ccc[nH]3)nc2cc1OC. The van der Waals surface area contributed by atoms with Crippen molar-refractivity contribution in [2.24, 2.45) is 0 Å². The summed E-state index contributed by atoms with van der Waals surface area (Å²) in [5, 5.41) is 0. The molecule has 0 amide bonds. The molecule has 6 heteroatoms. The van der Waals surface area contributed by atoms with Gasteiger partial charge >= 0.3 is 0 Å². The standard InChI is InChI=1S/C18H16N4O2/c1-23-15-9-13-14(10-16(15)24-2)22-18(12-6-4-8-20-12)17(21-13)11-5-3-7-19-11/h3-10,19-20H,1-2H3. The minimum absolute atomic E-state index is 0.629. The summed E-state index contributed by atoms with van der Waals surface area (Å²) in [7, 11) is 3.21. The molecule has 0 radical (unpaired) electrons. The molecular formula is C18H16N4O2.